The van der Waals surface area contributed by atoms with Crippen molar-refractivity contribution in [3.8, 4) is 5.75 Å². The summed E-state index contributed by atoms with van der Waals surface area (Å²) in [4.78, 5) is 34.2. The highest BCUT2D eigenvalue weighted by atomic mass is 19.1. The molecule has 0 unspecified atom stereocenters. The minimum atomic E-state index is -0.226. The Hall–Kier alpha value is -3.78. The number of benzene rings is 2. The van der Waals surface area contributed by atoms with Crippen LogP contribution in [0.2, 0.25) is 0 Å². The summed E-state index contributed by atoms with van der Waals surface area (Å²) >= 11 is 0. The van der Waals surface area contributed by atoms with Crippen LogP contribution in [0.15, 0.2) is 66.9 Å². The van der Waals surface area contributed by atoms with Crippen molar-refractivity contribution in [3.05, 3.63) is 95.1 Å². The van der Waals surface area contributed by atoms with Crippen molar-refractivity contribution in [1.82, 2.24) is 20.1 Å². The molecule has 2 aliphatic heterocycles. The molecular formula is C31H35FN4O3. The number of nitrogens with one attached hydrogen (secondary N) is 1. The molecule has 39 heavy (non-hydrogen) atoms. The van der Waals surface area contributed by atoms with Gasteiger partial charge in [0.25, 0.3) is 11.8 Å². The molecule has 5 rings (SSSR count). The predicted octanol–water partition coefficient (Wildman–Crippen LogP) is 4.61. The van der Waals surface area contributed by atoms with Crippen molar-refractivity contribution in [2.75, 3.05) is 26.2 Å². The van der Waals surface area contributed by atoms with E-state index in [4.69, 9.17) is 4.74 Å². The quantitative estimate of drug-likeness (QED) is 0.483. The van der Waals surface area contributed by atoms with E-state index in [0.29, 0.717) is 24.3 Å². The fourth-order valence-electron chi connectivity index (χ4n) is 5.15. The van der Waals surface area contributed by atoms with Gasteiger partial charge in [0.05, 0.1) is 5.56 Å². The number of likely N-dealkylation sites (tertiary alicyclic amines) is 2. The third-order valence-corrected chi connectivity index (χ3v) is 7.54. The second kappa shape index (κ2) is 12.4. The molecule has 0 aliphatic carbocycles. The number of nitrogens with zero attached hydrogens (tertiary/aromatic N) is 3. The molecule has 204 valence electrons. The Morgan fingerprint density at radius 1 is 0.923 bits per heavy atom. The minimum absolute atomic E-state index is 0.0885. The second-order valence-corrected chi connectivity index (χ2v) is 10.5. The predicted molar refractivity (Wildman–Crippen MR) is 147 cm³/mol. The van der Waals surface area contributed by atoms with Crippen LogP contribution in [0.1, 0.15) is 57.7 Å². The molecule has 2 aliphatic rings. The van der Waals surface area contributed by atoms with E-state index in [9.17, 15) is 14.0 Å². The topological polar surface area (TPSA) is 74.8 Å². The number of aromatic nitrogens is 1. The zero-order valence-corrected chi connectivity index (χ0v) is 22.3. The highest BCUT2D eigenvalue weighted by Crippen LogP contribution is 2.21. The van der Waals surface area contributed by atoms with Gasteiger partial charge in [-0.15, -0.1) is 0 Å². The standard InChI is InChI=1S/C31H35FN4O3/c1-22-2-9-27(10-3-22)39-28-14-18-36(19-15-28)31(38)29-11-6-24(20-33-29)30(37)34-26-12-16-35(17-13-26)21-23-4-7-25(32)8-5-23/h2-11,20,26,28H,12-19,21H2,1H3,(H,34,37). The number of halogens is 1. The van der Waals surface area contributed by atoms with Crippen LogP contribution >= 0.6 is 0 Å². The maximum absolute atomic E-state index is 13.1. The Morgan fingerprint density at radius 2 is 1.62 bits per heavy atom. The Balaban J connectivity index is 1.05. The smallest absolute Gasteiger partial charge is 0.272 e. The third kappa shape index (κ3) is 7.20. The van der Waals surface area contributed by atoms with Crippen LogP contribution in [0, 0.1) is 12.7 Å². The lowest BCUT2D eigenvalue weighted by Gasteiger charge is -2.32. The van der Waals surface area contributed by atoms with Gasteiger partial charge in [0.2, 0.25) is 0 Å². The van der Waals surface area contributed by atoms with E-state index >= 15 is 0 Å². The molecule has 0 bridgehead atoms. The largest absolute Gasteiger partial charge is 0.490 e. The summed E-state index contributed by atoms with van der Waals surface area (Å²) in [5.41, 5.74) is 3.07. The molecule has 0 spiro atoms. The summed E-state index contributed by atoms with van der Waals surface area (Å²) in [7, 11) is 0. The maximum atomic E-state index is 13.1. The second-order valence-electron chi connectivity index (χ2n) is 10.5. The Morgan fingerprint density at radius 3 is 2.26 bits per heavy atom. The zero-order valence-electron chi connectivity index (χ0n) is 22.3. The van der Waals surface area contributed by atoms with Gasteiger partial charge < -0.3 is 15.0 Å². The van der Waals surface area contributed by atoms with E-state index in [-0.39, 0.29) is 29.8 Å². The van der Waals surface area contributed by atoms with Crippen molar-refractivity contribution in [3.63, 3.8) is 0 Å². The number of piperidine rings is 2. The Kier molecular flexibility index (Phi) is 8.51. The number of aryl methyl sites for hydroxylation is 1. The lowest BCUT2D eigenvalue weighted by molar-refractivity contribution is 0.0589. The molecule has 1 aromatic heterocycles. The maximum Gasteiger partial charge on any atom is 0.272 e. The van der Waals surface area contributed by atoms with E-state index in [1.807, 2.05) is 43.3 Å². The molecule has 2 saturated heterocycles. The normalized spacial score (nSPS) is 17.1. The SMILES string of the molecule is Cc1ccc(OC2CCN(C(=O)c3ccc(C(=O)NC4CCN(Cc5ccc(F)cc5)CC4)cn3)CC2)cc1. The number of pyridine rings is 1. The number of hydrogen-bond donors (Lipinski definition) is 1. The minimum Gasteiger partial charge on any atom is -0.490 e. The summed E-state index contributed by atoms with van der Waals surface area (Å²) in [5.74, 6) is 0.338. The monoisotopic (exact) mass is 530 g/mol. The first-order valence-corrected chi connectivity index (χ1v) is 13.7. The number of ether oxygens (including phenoxy) is 1. The van der Waals surface area contributed by atoms with Gasteiger partial charge in [0, 0.05) is 57.8 Å². The van der Waals surface area contributed by atoms with E-state index in [2.05, 4.69) is 15.2 Å². The van der Waals surface area contributed by atoms with E-state index in [1.54, 1.807) is 17.0 Å². The fourth-order valence-corrected chi connectivity index (χ4v) is 5.15. The van der Waals surface area contributed by atoms with E-state index in [0.717, 1.165) is 56.6 Å². The van der Waals surface area contributed by atoms with Crippen LogP contribution in [0.25, 0.3) is 0 Å². The van der Waals surface area contributed by atoms with Crippen molar-refractivity contribution >= 4 is 11.8 Å². The van der Waals surface area contributed by atoms with Gasteiger partial charge in [0.15, 0.2) is 0 Å². The molecule has 0 radical (unpaired) electrons. The lowest BCUT2D eigenvalue weighted by Crippen LogP contribution is -2.44. The average Bonchev–Trinajstić information content (AvgIpc) is 2.96. The summed E-state index contributed by atoms with van der Waals surface area (Å²) in [6.07, 6.45) is 4.80. The number of rotatable bonds is 7. The van der Waals surface area contributed by atoms with Crippen LogP contribution in [-0.4, -0.2) is 64.9 Å². The number of carbonyl (C=O) groups is 2. The Bertz CT molecular complexity index is 1250. The molecule has 7 nitrogen and oxygen atoms in total. The number of amides is 2. The van der Waals surface area contributed by atoms with Gasteiger partial charge in [-0.1, -0.05) is 29.8 Å². The van der Waals surface area contributed by atoms with Crippen LogP contribution < -0.4 is 10.1 Å². The number of hydrogen-bond acceptors (Lipinski definition) is 5. The highest BCUT2D eigenvalue weighted by molar-refractivity contribution is 5.96. The first-order valence-electron chi connectivity index (χ1n) is 13.7. The third-order valence-electron chi connectivity index (χ3n) is 7.54. The van der Waals surface area contributed by atoms with Crippen LogP contribution in [-0.2, 0) is 6.54 Å². The molecule has 0 saturated carbocycles. The van der Waals surface area contributed by atoms with E-state index in [1.165, 1.54) is 23.9 Å². The first-order chi connectivity index (χ1) is 18.9. The molecule has 2 amide bonds. The summed E-state index contributed by atoms with van der Waals surface area (Å²) < 4.78 is 19.2. The van der Waals surface area contributed by atoms with Gasteiger partial charge in [0.1, 0.15) is 23.4 Å². The van der Waals surface area contributed by atoms with Gasteiger partial charge in [-0.2, -0.15) is 0 Å². The molecule has 1 N–H and O–H groups in total. The number of carbonyl (C=O) groups excluding carboxylic acids is 2. The van der Waals surface area contributed by atoms with Gasteiger partial charge in [-0.3, -0.25) is 19.5 Å². The Labute approximate surface area is 229 Å². The average molecular weight is 531 g/mol. The molecule has 0 atom stereocenters. The summed E-state index contributed by atoms with van der Waals surface area (Å²) in [6, 6.07) is 18.0. The van der Waals surface area contributed by atoms with Gasteiger partial charge in [-0.05, 0) is 61.7 Å². The fraction of sp³-hybridized carbons (Fsp3) is 0.387. The van der Waals surface area contributed by atoms with Crippen LogP contribution in [0.4, 0.5) is 4.39 Å². The molecule has 2 fully saturated rings. The van der Waals surface area contributed by atoms with Gasteiger partial charge in [-0.25, -0.2) is 4.39 Å². The van der Waals surface area contributed by atoms with Crippen molar-refractivity contribution < 1.29 is 18.7 Å². The summed E-state index contributed by atoms with van der Waals surface area (Å²) in [5, 5.41) is 3.10. The first kappa shape index (κ1) is 26.8. The molecule has 8 heteroatoms. The molecule has 2 aromatic carbocycles. The highest BCUT2D eigenvalue weighted by Gasteiger charge is 2.26. The molecule has 3 aromatic rings. The van der Waals surface area contributed by atoms with Crippen LogP contribution in [0.3, 0.4) is 0 Å². The molecule has 3 heterocycles. The zero-order chi connectivity index (χ0) is 27.2. The summed E-state index contributed by atoms with van der Waals surface area (Å²) in [6.45, 7) is 5.77. The van der Waals surface area contributed by atoms with Crippen molar-refractivity contribution in [1.29, 1.82) is 0 Å². The molecular weight excluding hydrogens is 495 g/mol. The lowest BCUT2D eigenvalue weighted by atomic mass is 10.0. The van der Waals surface area contributed by atoms with Gasteiger partial charge >= 0.3 is 0 Å². The van der Waals surface area contributed by atoms with Crippen molar-refractivity contribution in [2.24, 2.45) is 0 Å². The van der Waals surface area contributed by atoms with Crippen molar-refractivity contribution in [2.45, 2.75) is 51.3 Å². The van der Waals surface area contributed by atoms with Crippen LogP contribution in [0.5, 0.6) is 5.75 Å². The van der Waals surface area contributed by atoms with E-state index < -0.39 is 0 Å².